The molecule has 7 N–H and O–H groups in total. The normalized spacial score (nSPS) is 35.7. The average Bonchev–Trinajstić information content (AvgIpc) is 2.64. The Kier molecular flexibility index (Phi) is 4.47. The summed E-state index contributed by atoms with van der Waals surface area (Å²) in [7, 11) is 0. The molecule has 0 heterocycles. The Labute approximate surface area is 126 Å². The second-order valence-electron chi connectivity index (χ2n) is 5.06. The number of thiocarbonyl (C=S) groups is 1. The maximum atomic E-state index is 10.5. The van der Waals surface area contributed by atoms with Crippen molar-refractivity contribution in [3.63, 3.8) is 0 Å². The molecule has 0 aliphatic heterocycles. The lowest BCUT2D eigenvalue weighted by atomic mass is 9.94. The highest BCUT2D eigenvalue weighted by molar-refractivity contribution is 7.80. The van der Waals surface area contributed by atoms with Crippen LogP contribution in [0.3, 0.4) is 0 Å². The van der Waals surface area contributed by atoms with Crippen LogP contribution in [-0.2, 0) is 0 Å². The van der Waals surface area contributed by atoms with E-state index < -0.39 is 36.6 Å². The Bertz CT molecular complexity index is 517. The van der Waals surface area contributed by atoms with Crippen molar-refractivity contribution in [1.29, 1.82) is 0 Å². The third-order valence-electron chi connectivity index (χ3n) is 3.82. The molecule has 1 aromatic carbocycles. The number of nitrogens with two attached hydrogens (primary N) is 1. The molecule has 2 rings (SSSR count). The maximum absolute atomic E-state index is 10.5. The minimum absolute atomic E-state index is 0.168. The summed E-state index contributed by atoms with van der Waals surface area (Å²) in [5.74, 6) is 0. The number of hydrogen-bond donors (Lipinski definition) is 6. The number of aliphatic hydroxyl groups is 5. The molecule has 116 valence electrons. The van der Waals surface area contributed by atoms with E-state index in [2.05, 4.69) is 0 Å². The first-order valence-electron chi connectivity index (χ1n) is 6.35. The molecule has 0 aromatic heterocycles. The Hall–Kier alpha value is -1.29. The Morgan fingerprint density at radius 2 is 1.76 bits per heavy atom. The van der Waals surface area contributed by atoms with E-state index in [1.165, 1.54) is 4.90 Å². The summed E-state index contributed by atoms with van der Waals surface area (Å²) in [5.41, 5.74) is 3.96. The van der Waals surface area contributed by atoms with Gasteiger partial charge in [0.25, 0.3) is 0 Å². The van der Waals surface area contributed by atoms with Gasteiger partial charge in [0.2, 0.25) is 0 Å². The van der Waals surface area contributed by atoms with Crippen molar-refractivity contribution >= 4 is 23.0 Å². The zero-order valence-corrected chi connectivity index (χ0v) is 11.9. The summed E-state index contributed by atoms with van der Waals surface area (Å²) in [6, 6.07) is 7.16. The largest absolute Gasteiger partial charge is 0.393 e. The third kappa shape index (κ3) is 2.50. The Balaban J connectivity index is 2.51. The lowest BCUT2D eigenvalue weighted by molar-refractivity contribution is -0.116. The van der Waals surface area contributed by atoms with Crippen molar-refractivity contribution < 1.29 is 25.5 Å². The molecule has 1 saturated carbocycles. The second kappa shape index (κ2) is 5.84. The maximum Gasteiger partial charge on any atom is 0.171 e. The summed E-state index contributed by atoms with van der Waals surface area (Å²) in [5, 5.41) is 49.6. The van der Waals surface area contributed by atoms with Crippen molar-refractivity contribution in [3.05, 3.63) is 30.3 Å². The van der Waals surface area contributed by atoms with Gasteiger partial charge in [0.1, 0.15) is 23.9 Å². The topological polar surface area (TPSA) is 130 Å². The first kappa shape index (κ1) is 16.1. The number of rotatable bonds is 3. The lowest BCUT2D eigenvalue weighted by Gasteiger charge is -2.39. The molecule has 8 heteroatoms. The molecular formula is C13H18N2O5S. The molecule has 7 nitrogen and oxygen atoms in total. The van der Waals surface area contributed by atoms with Gasteiger partial charge >= 0.3 is 0 Å². The highest BCUT2D eigenvalue weighted by Crippen LogP contribution is 2.37. The second-order valence-corrected chi connectivity index (χ2v) is 5.48. The fourth-order valence-corrected chi connectivity index (χ4v) is 2.94. The van der Waals surface area contributed by atoms with Crippen LogP contribution in [0.4, 0.5) is 5.69 Å². The van der Waals surface area contributed by atoms with Crippen molar-refractivity contribution in [2.24, 2.45) is 5.73 Å². The van der Waals surface area contributed by atoms with E-state index >= 15 is 0 Å². The van der Waals surface area contributed by atoms with Crippen LogP contribution in [0.2, 0.25) is 0 Å². The third-order valence-corrected chi connectivity index (χ3v) is 4.02. The van der Waals surface area contributed by atoms with Gasteiger partial charge in [0.05, 0.1) is 12.6 Å². The fourth-order valence-electron chi connectivity index (χ4n) is 2.72. The van der Waals surface area contributed by atoms with Crippen LogP contribution in [0.15, 0.2) is 30.3 Å². The minimum atomic E-state index is -2.17. The van der Waals surface area contributed by atoms with Gasteiger partial charge in [-0.1, -0.05) is 18.2 Å². The first-order valence-corrected chi connectivity index (χ1v) is 6.76. The van der Waals surface area contributed by atoms with Gasteiger partial charge in [-0.15, -0.1) is 0 Å². The van der Waals surface area contributed by atoms with Gasteiger partial charge in [-0.25, -0.2) is 0 Å². The fraction of sp³-hybridized carbons (Fsp3) is 0.462. The van der Waals surface area contributed by atoms with Crippen LogP contribution in [-0.4, -0.2) is 67.2 Å². The summed E-state index contributed by atoms with van der Waals surface area (Å²) >= 11 is 4.95. The standard InChI is InChI=1S/C13H18N2O5S/c14-12(21)15(7-4-2-1-3-5-7)10-8(17)9(18)11(19)13(10,20)6-16/h1-5,8-11,16-20H,6H2,(H2,14,21). The zero-order valence-electron chi connectivity index (χ0n) is 11.1. The van der Waals surface area contributed by atoms with Crippen LogP contribution in [0, 0.1) is 0 Å². The van der Waals surface area contributed by atoms with Crippen molar-refractivity contribution in [2.45, 2.75) is 30.0 Å². The molecule has 0 bridgehead atoms. The number of nitrogens with zero attached hydrogens (tertiary/aromatic N) is 1. The molecular weight excluding hydrogens is 296 g/mol. The number of aliphatic hydroxyl groups excluding tert-OH is 4. The molecule has 5 unspecified atom stereocenters. The number of para-hydroxylation sites is 1. The van der Waals surface area contributed by atoms with Gasteiger partial charge in [-0.3, -0.25) is 0 Å². The molecule has 0 saturated heterocycles. The van der Waals surface area contributed by atoms with E-state index in [0.717, 1.165) is 0 Å². The summed E-state index contributed by atoms with van der Waals surface area (Å²) in [4.78, 5) is 1.22. The predicted molar refractivity (Wildman–Crippen MR) is 79.6 cm³/mol. The molecule has 0 amide bonds. The van der Waals surface area contributed by atoms with Gasteiger partial charge < -0.3 is 36.2 Å². The number of anilines is 1. The number of hydrogen-bond acceptors (Lipinski definition) is 6. The van der Waals surface area contributed by atoms with Crippen molar-refractivity contribution in [2.75, 3.05) is 11.5 Å². The molecule has 0 spiro atoms. The first-order chi connectivity index (χ1) is 9.84. The van der Waals surface area contributed by atoms with Crippen molar-refractivity contribution in [3.8, 4) is 0 Å². The van der Waals surface area contributed by atoms with Gasteiger partial charge in [0, 0.05) is 5.69 Å². The summed E-state index contributed by atoms with van der Waals surface area (Å²) < 4.78 is 0. The zero-order chi connectivity index (χ0) is 15.8. The molecule has 5 atom stereocenters. The van der Waals surface area contributed by atoms with Crippen LogP contribution < -0.4 is 10.6 Å². The monoisotopic (exact) mass is 314 g/mol. The molecule has 1 aromatic rings. The smallest absolute Gasteiger partial charge is 0.171 e. The number of benzene rings is 1. The molecule has 1 aliphatic carbocycles. The molecule has 1 fully saturated rings. The minimum Gasteiger partial charge on any atom is -0.393 e. The van der Waals surface area contributed by atoms with E-state index in [1.54, 1.807) is 30.3 Å². The van der Waals surface area contributed by atoms with E-state index in [-0.39, 0.29) is 5.11 Å². The molecule has 1 aliphatic rings. The Morgan fingerprint density at radius 3 is 2.24 bits per heavy atom. The van der Waals surface area contributed by atoms with E-state index in [0.29, 0.717) is 5.69 Å². The summed E-state index contributed by atoms with van der Waals surface area (Å²) in [6.45, 7) is -0.876. The van der Waals surface area contributed by atoms with Gasteiger partial charge in [-0.05, 0) is 24.4 Å². The van der Waals surface area contributed by atoms with Crippen molar-refractivity contribution in [1.82, 2.24) is 0 Å². The molecule has 0 radical (unpaired) electrons. The average molecular weight is 314 g/mol. The van der Waals surface area contributed by atoms with Crippen LogP contribution in [0.1, 0.15) is 0 Å². The highest BCUT2D eigenvalue weighted by atomic mass is 32.1. The molecule has 21 heavy (non-hydrogen) atoms. The van der Waals surface area contributed by atoms with Gasteiger partial charge in [0.15, 0.2) is 5.11 Å². The summed E-state index contributed by atoms with van der Waals surface area (Å²) in [6.07, 6.45) is -4.91. The van der Waals surface area contributed by atoms with E-state index in [1.807, 2.05) is 0 Å². The van der Waals surface area contributed by atoms with Gasteiger partial charge in [-0.2, -0.15) is 0 Å². The van der Waals surface area contributed by atoms with Crippen LogP contribution in [0.5, 0.6) is 0 Å². The van der Waals surface area contributed by atoms with E-state index in [9.17, 15) is 25.5 Å². The quantitative estimate of drug-likeness (QED) is 0.351. The van der Waals surface area contributed by atoms with Crippen LogP contribution >= 0.6 is 12.2 Å². The Morgan fingerprint density at radius 1 is 1.19 bits per heavy atom. The lowest BCUT2D eigenvalue weighted by Crippen LogP contribution is -2.62. The van der Waals surface area contributed by atoms with Crippen LogP contribution in [0.25, 0.3) is 0 Å². The highest BCUT2D eigenvalue weighted by Gasteiger charge is 2.61. The SMILES string of the molecule is NC(=S)N(c1ccccc1)C1C(O)C(O)C(O)C1(O)CO. The predicted octanol–water partition coefficient (Wildman–Crippen LogP) is -2.08. The van der Waals surface area contributed by atoms with E-state index in [4.69, 9.17) is 18.0 Å².